The van der Waals surface area contributed by atoms with Crippen LogP contribution in [-0.4, -0.2) is 19.4 Å². The molecule has 0 atom stereocenters. The first-order valence-corrected chi connectivity index (χ1v) is 6.14. The van der Waals surface area contributed by atoms with Crippen LogP contribution in [0.4, 0.5) is 5.69 Å². The normalized spacial score (nSPS) is 10.3. The molecule has 0 aromatic carbocycles. The summed E-state index contributed by atoms with van der Waals surface area (Å²) in [5.74, 6) is 0. The maximum Gasteiger partial charge on any atom is 0.160 e. The van der Waals surface area contributed by atoms with Crippen molar-refractivity contribution in [2.45, 2.75) is 26.2 Å². The Morgan fingerprint density at radius 3 is 2.87 bits per heavy atom. The number of nitrogens with one attached hydrogen (secondary N) is 1. The summed E-state index contributed by atoms with van der Waals surface area (Å²) in [4.78, 5) is 11.4. The van der Waals surface area contributed by atoms with Gasteiger partial charge in [0, 0.05) is 17.6 Å². The van der Waals surface area contributed by atoms with Gasteiger partial charge in [0.2, 0.25) is 0 Å². The van der Waals surface area contributed by atoms with Crippen molar-refractivity contribution in [2.24, 2.45) is 5.73 Å². The molecule has 3 N–H and O–H groups in total. The van der Waals surface area contributed by atoms with Gasteiger partial charge in [-0.05, 0) is 31.9 Å². The molecule has 1 aromatic rings. The Morgan fingerprint density at radius 2 is 2.27 bits per heavy atom. The first-order chi connectivity index (χ1) is 7.29. The van der Waals surface area contributed by atoms with Gasteiger partial charge in [-0.3, -0.25) is 4.79 Å². The molecule has 0 saturated carbocycles. The van der Waals surface area contributed by atoms with Gasteiger partial charge in [0.25, 0.3) is 0 Å². The lowest BCUT2D eigenvalue weighted by molar-refractivity contribution is 0.112. The number of rotatable bonds is 7. The molecule has 0 radical (unpaired) electrons. The molecule has 0 aliphatic carbocycles. The highest BCUT2D eigenvalue weighted by Gasteiger charge is 2.05. The van der Waals surface area contributed by atoms with Crippen LogP contribution in [0, 0.1) is 6.92 Å². The van der Waals surface area contributed by atoms with Crippen molar-refractivity contribution in [3.05, 3.63) is 15.8 Å². The summed E-state index contributed by atoms with van der Waals surface area (Å²) in [7, 11) is 0. The smallest absolute Gasteiger partial charge is 0.160 e. The van der Waals surface area contributed by atoms with Gasteiger partial charge in [-0.15, -0.1) is 11.3 Å². The SMILES string of the molecule is Cc1c(NCCCCCN)csc1C=O. The standard InChI is InChI=1S/C11H18N2OS/c1-9-10(8-15-11(9)7-14)13-6-4-2-3-5-12/h7-8,13H,2-6,12H2,1H3. The minimum atomic E-state index is 0.771. The lowest BCUT2D eigenvalue weighted by Crippen LogP contribution is -2.04. The number of aldehydes is 1. The predicted octanol–water partition coefficient (Wildman–Crippen LogP) is 2.41. The fraction of sp³-hybridized carbons (Fsp3) is 0.545. The Balaban J connectivity index is 2.31. The second-order valence-corrected chi connectivity index (χ2v) is 4.44. The van der Waals surface area contributed by atoms with Crippen LogP contribution in [-0.2, 0) is 0 Å². The van der Waals surface area contributed by atoms with E-state index >= 15 is 0 Å². The number of thiophene rings is 1. The molecule has 3 nitrogen and oxygen atoms in total. The summed E-state index contributed by atoms with van der Waals surface area (Å²) in [5, 5.41) is 5.34. The predicted molar refractivity (Wildman–Crippen MR) is 65.8 cm³/mol. The fourth-order valence-electron chi connectivity index (χ4n) is 1.39. The van der Waals surface area contributed by atoms with Crippen LogP contribution < -0.4 is 11.1 Å². The number of hydrogen-bond donors (Lipinski definition) is 2. The van der Waals surface area contributed by atoms with Gasteiger partial charge in [0.1, 0.15) is 0 Å². The number of hydrogen-bond acceptors (Lipinski definition) is 4. The summed E-state index contributed by atoms with van der Waals surface area (Å²) < 4.78 is 0. The second-order valence-electron chi connectivity index (χ2n) is 3.53. The van der Waals surface area contributed by atoms with E-state index in [0.29, 0.717) is 0 Å². The summed E-state index contributed by atoms with van der Waals surface area (Å²) in [6, 6.07) is 0. The number of anilines is 1. The van der Waals surface area contributed by atoms with Gasteiger partial charge in [-0.25, -0.2) is 0 Å². The van der Waals surface area contributed by atoms with Crippen molar-refractivity contribution in [2.75, 3.05) is 18.4 Å². The summed E-state index contributed by atoms with van der Waals surface area (Å²) in [6.45, 7) is 3.70. The molecule has 0 saturated heterocycles. The highest BCUT2D eigenvalue weighted by Crippen LogP contribution is 2.24. The minimum absolute atomic E-state index is 0.771. The van der Waals surface area contributed by atoms with Crippen molar-refractivity contribution in [1.82, 2.24) is 0 Å². The molecule has 1 rings (SSSR count). The zero-order chi connectivity index (χ0) is 11.1. The van der Waals surface area contributed by atoms with Crippen molar-refractivity contribution < 1.29 is 4.79 Å². The maximum atomic E-state index is 10.6. The van der Waals surface area contributed by atoms with Crippen LogP contribution in [0.3, 0.4) is 0 Å². The van der Waals surface area contributed by atoms with Crippen LogP contribution in [0.1, 0.15) is 34.5 Å². The van der Waals surface area contributed by atoms with Gasteiger partial charge >= 0.3 is 0 Å². The van der Waals surface area contributed by atoms with Crippen LogP contribution in [0.5, 0.6) is 0 Å². The van der Waals surface area contributed by atoms with Crippen LogP contribution in [0.25, 0.3) is 0 Å². The summed E-state index contributed by atoms with van der Waals surface area (Å²) in [6.07, 6.45) is 4.29. The van der Waals surface area contributed by atoms with Crippen molar-refractivity contribution in [3.8, 4) is 0 Å². The van der Waals surface area contributed by atoms with Gasteiger partial charge in [0.05, 0.1) is 4.88 Å². The Hall–Kier alpha value is -0.870. The van der Waals surface area contributed by atoms with Gasteiger partial charge in [-0.1, -0.05) is 6.42 Å². The average Bonchev–Trinajstić information content (AvgIpc) is 2.60. The molecule has 0 spiro atoms. The van der Waals surface area contributed by atoms with Gasteiger partial charge in [0.15, 0.2) is 6.29 Å². The Kier molecular flexibility index (Phi) is 5.36. The average molecular weight is 226 g/mol. The third-order valence-electron chi connectivity index (χ3n) is 2.38. The van der Waals surface area contributed by atoms with Crippen molar-refractivity contribution in [1.29, 1.82) is 0 Å². The zero-order valence-corrected chi connectivity index (χ0v) is 9.90. The summed E-state index contributed by atoms with van der Waals surface area (Å²) >= 11 is 1.49. The Bertz CT molecular complexity index is 310. The van der Waals surface area contributed by atoms with E-state index in [9.17, 15) is 4.79 Å². The molecule has 84 valence electrons. The molecular formula is C11H18N2OS. The third kappa shape index (κ3) is 3.64. The van der Waals surface area contributed by atoms with E-state index in [0.717, 1.165) is 54.8 Å². The molecule has 0 unspecified atom stereocenters. The summed E-state index contributed by atoms with van der Waals surface area (Å²) in [5.41, 5.74) is 7.57. The second kappa shape index (κ2) is 6.58. The molecule has 0 fully saturated rings. The van der Waals surface area contributed by atoms with E-state index < -0.39 is 0 Å². The van der Waals surface area contributed by atoms with Gasteiger partial charge in [-0.2, -0.15) is 0 Å². The number of nitrogens with two attached hydrogens (primary N) is 1. The maximum absolute atomic E-state index is 10.6. The lowest BCUT2D eigenvalue weighted by Gasteiger charge is -2.05. The fourth-order valence-corrected chi connectivity index (χ4v) is 2.24. The molecule has 0 bridgehead atoms. The van der Waals surface area contributed by atoms with Crippen LogP contribution >= 0.6 is 11.3 Å². The molecule has 1 aromatic heterocycles. The zero-order valence-electron chi connectivity index (χ0n) is 9.08. The third-order valence-corrected chi connectivity index (χ3v) is 3.39. The first kappa shape index (κ1) is 12.2. The molecule has 0 aliphatic heterocycles. The van der Waals surface area contributed by atoms with E-state index in [1.165, 1.54) is 11.3 Å². The van der Waals surface area contributed by atoms with E-state index in [2.05, 4.69) is 5.32 Å². The van der Waals surface area contributed by atoms with E-state index in [4.69, 9.17) is 5.73 Å². The highest BCUT2D eigenvalue weighted by atomic mass is 32.1. The Morgan fingerprint density at radius 1 is 1.47 bits per heavy atom. The largest absolute Gasteiger partial charge is 0.384 e. The van der Waals surface area contributed by atoms with Crippen LogP contribution in [0.2, 0.25) is 0 Å². The Labute approximate surface area is 94.7 Å². The molecule has 4 heteroatoms. The quantitative estimate of drug-likeness (QED) is 0.554. The first-order valence-electron chi connectivity index (χ1n) is 5.26. The molecule has 0 amide bonds. The number of carbonyl (C=O) groups is 1. The molecular weight excluding hydrogens is 208 g/mol. The highest BCUT2D eigenvalue weighted by molar-refractivity contribution is 7.12. The number of carbonyl (C=O) groups excluding carboxylic acids is 1. The minimum Gasteiger partial charge on any atom is -0.384 e. The van der Waals surface area contributed by atoms with E-state index in [1.54, 1.807) is 0 Å². The molecule has 0 aliphatic rings. The molecule has 15 heavy (non-hydrogen) atoms. The van der Waals surface area contributed by atoms with Crippen LogP contribution in [0.15, 0.2) is 5.38 Å². The van der Waals surface area contributed by atoms with E-state index in [1.807, 2.05) is 12.3 Å². The lowest BCUT2D eigenvalue weighted by atomic mass is 10.2. The van der Waals surface area contributed by atoms with E-state index in [-0.39, 0.29) is 0 Å². The molecule has 1 heterocycles. The van der Waals surface area contributed by atoms with Crippen molar-refractivity contribution >= 4 is 23.3 Å². The van der Waals surface area contributed by atoms with Gasteiger partial charge < -0.3 is 11.1 Å². The monoisotopic (exact) mass is 226 g/mol. The number of unbranched alkanes of at least 4 members (excludes halogenated alkanes) is 2. The topological polar surface area (TPSA) is 55.1 Å². The van der Waals surface area contributed by atoms with Crippen molar-refractivity contribution in [3.63, 3.8) is 0 Å².